The van der Waals surface area contributed by atoms with Crippen molar-refractivity contribution in [3.63, 3.8) is 0 Å². The standard InChI is InChI=1S/C24H26N8O4S/c1-3-37(35,36)32-8-5-24(14-25,6-9-32)31-23(34)22(33)30-20-11-16-10-19(17-12-27-7-4-15(17)2)29-21(26)18(16)13-28-20/h4,7,10-13H,3,5-6,8-9H2,1-2H3,(H2,26,29)(H,31,34)(H,28,30,33). The number of aromatic nitrogens is 3. The van der Waals surface area contributed by atoms with Gasteiger partial charge in [-0.3, -0.25) is 14.6 Å². The molecule has 0 saturated carbocycles. The average molecular weight is 523 g/mol. The highest BCUT2D eigenvalue weighted by atomic mass is 32.2. The van der Waals surface area contributed by atoms with Gasteiger partial charge in [0.15, 0.2) is 0 Å². The molecule has 0 radical (unpaired) electrons. The fraction of sp³-hybridized carbons (Fsp3) is 0.333. The predicted octanol–water partition coefficient (Wildman–Crippen LogP) is 1.34. The lowest BCUT2D eigenvalue weighted by molar-refractivity contribution is -0.137. The van der Waals surface area contributed by atoms with Gasteiger partial charge in [0.05, 0.1) is 17.5 Å². The molecule has 0 bridgehead atoms. The lowest BCUT2D eigenvalue weighted by Gasteiger charge is -2.36. The molecule has 2 amide bonds. The molecule has 4 rings (SSSR count). The quantitative estimate of drug-likeness (QED) is 0.416. The van der Waals surface area contributed by atoms with Crippen molar-refractivity contribution in [2.75, 3.05) is 29.9 Å². The number of anilines is 2. The van der Waals surface area contributed by atoms with E-state index in [-0.39, 0.29) is 43.3 Å². The topological polar surface area (TPSA) is 184 Å². The highest BCUT2D eigenvalue weighted by molar-refractivity contribution is 7.89. The maximum atomic E-state index is 12.6. The molecule has 0 atom stereocenters. The van der Waals surface area contributed by atoms with Gasteiger partial charge in [0, 0.05) is 42.6 Å². The number of carbonyl (C=O) groups is 2. The van der Waals surface area contributed by atoms with Crippen LogP contribution in [0.25, 0.3) is 22.0 Å². The van der Waals surface area contributed by atoms with Crippen molar-refractivity contribution in [3.05, 3.63) is 42.4 Å². The van der Waals surface area contributed by atoms with Crippen LogP contribution in [0.2, 0.25) is 0 Å². The van der Waals surface area contributed by atoms with Gasteiger partial charge >= 0.3 is 11.8 Å². The number of rotatable bonds is 5. The van der Waals surface area contributed by atoms with Crippen molar-refractivity contribution in [2.45, 2.75) is 32.2 Å². The Bertz CT molecular complexity index is 1530. The van der Waals surface area contributed by atoms with Gasteiger partial charge in [0.1, 0.15) is 17.2 Å². The van der Waals surface area contributed by atoms with Gasteiger partial charge in [-0.25, -0.2) is 22.7 Å². The molecule has 192 valence electrons. The smallest absolute Gasteiger partial charge is 0.314 e. The normalized spacial score (nSPS) is 15.6. The van der Waals surface area contributed by atoms with E-state index >= 15 is 0 Å². The molecule has 12 nitrogen and oxygen atoms in total. The minimum absolute atomic E-state index is 0.0505. The van der Waals surface area contributed by atoms with E-state index in [2.05, 4.69) is 25.6 Å². The Labute approximate surface area is 214 Å². The molecule has 1 fully saturated rings. The minimum Gasteiger partial charge on any atom is -0.383 e. The summed E-state index contributed by atoms with van der Waals surface area (Å²) in [5, 5.41) is 15.8. The molecule has 1 saturated heterocycles. The van der Waals surface area contributed by atoms with E-state index in [1.807, 2.05) is 19.1 Å². The second-order valence-electron chi connectivity index (χ2n) is 8.78. The second-order valence-corrected chi connectivity index (χ2v) is 11.0. The van der Waals surface area contributed by atoms with Crippen molar-refractivity contribution < 1.29 is 18.0 Å². The van der Waals surface area contributed by atoms with E-state index < -0.39 is 27.4 Å². The van der Waals surface area contributed by atoms with Gasteiger partial charge in [-0.2, -0.15) is 5.26 Å². The van der Waals surface area contributed by atoms with Gasteiger partial charge in [-0.1, -0.05) is 0 Å². The largest absolute Gasteiger partial charge is 0.383 e. The first kappa shape index (κ1) is 25.9. The van der Waals surface area contributed by atoms with Crippen LogP contribution >= 0.6 is 0 Å². The minimum atomic E-state index is -3.40. The third-order valence-corrected chi connectivity index (χ3v) is 8.29. The monoisotopic (exact) mass is 522 g/mol. The number of hydrogen-bond acceptors (Lipinski definition) is 9. The summed E-state index contributed by atoms with van der Waals surface area (Å²) < 4.78 is 25.5. The number of nitrogens with zero attached hydrogens (tertiary/aromatic N) is 5. The van der Waals surface area contributed by atoms with Crippen LogP contribution in [0.4, 0.5) is 11.6 Å². The summed E-state index contributed by atoms with van der Waals surface area (Å²) in [7, 11) is -3.40. The van der Waals surface area contributed by atoms with Crippen LogP contribution in [0.1, 0.15) is 25.3 Å². The zero-order valence-electron chi connectivity index (χ0n) is 20.4. The Balaban J connectivity index is 1.49. The fourth-order valence-electron chi connectivity index (χ4n) is 4.15. The van der Waals surface area contributed by atoms with Gasteiger partial charge < -0.3 is 16.4 Å². The fourth-order valence-corrected chi connectivity index (χ4v) is 5.26. The summed E-state index contributed by atoms with van der Waals surface area (Å²) in [6.07, 6.45) is 4.95. The number of nitriles is 1. The summed E-state index contributed by atoms with van der Waals surface area (Å²) in [6, 6.07) is 7.25. The van der Waals surface area contributed by atoms with E-state index in [1.54, 1.807) is 31.5 Å². The number of aryl methyl sites for hydroxylation is 1. The third kappa shape index (κ3) is 5.35. The molecule has 3 aromatic rings. The Hall–Kier alpha value is -4.15. The summed E-state index contributed by atoms with van der Waals surface area (Å²) in [5.74, 6) is -1.70. The summed E-state index contributed by atoms with van der Waals surface area (Å²) in [4.78, 5) is 38.0. The molecular weight excluding hydrogens is 496 g/mol. The molecule has 0 aliphatic carbocycles. The Morgan fingerprint density at radius 3 is 2.59 bits per heavy atom. The molecule has 0 aromatic carbocycles. The van der Waals surface area contributed by atoms with E-state index in [0.717, 1.165) is 11.1 Å². The average Bonchev–Trinajstić information content (AvgIpc) is 2.89. The van der Waals surface area contributed by atoms with Crippen molar-refractivity contribution in [2.24, 2.45) is 0 Å². The number of nitrogen functional groups attached to an aromatic ring is 1. The maximum absolute atomic E-state index is 12.6. The number of nitrogens with one attached hydrogen (secondary N) is 2. The number of nitrogens with two attached hydrogens (primary N) is 1. The molecule has 0 unspecified atom stereocenters. The number of pyridine rings is 3. The van der Waals surface area contributed by atoms with Gasteiger partial charge in [0.25, 0.3) is 0 Å². The van der Waals surface area contributed by atoms with Crippen molar-refractivity contribution in [3.8, 4) is 17.3 Å². The van der Waals surface area contributed by atoms with Gasteiger partial charge in [-0.05, 0) is 55.8 Å². The molecule has 1 aliphatic heterocycles. The molecule has 13 heteroatoms. The van der Waals surface area contributed by atoms with Crippen LogP contribution < -0.4 is 16.4 Å². The number of piperidine rings is 1. The van der Waals surface area contributed by atoms with Crippen LogP contribution in [0.5, 0.6) is 0 Å². The maximum Gasteiger partial charge on any atom is 0.314 e. The number of carbonyl (C=O) groups excluding carboxylic acids is 2. The molecule has 3 aromatic heterocycles. The third-order valence-electron chi connectivity index (χ3n) is 6.41. The number of fused-ring (bicyclic) bond motifs is 1. The highest BCUT2D eigenvalue weighted by Crippen LogP contribution is 2.29. The van der Waals surface area contributed by atoms with Crippen LogP contribution in [-0.4, -0.2) is 63.9 Å². The first-order valence-corrected chi connectivity index (χ1v) is 13.2. The van der Waals surface area contributed by atoms with Crippen LogP contribution in [-0.2, 0) is 19.6 Å². The Morgan fingerprint density at radius 1 is 1.22 bits per heavy atom. The van der Waals surface area contributed by atoms with Gasteiger partial charge in [-0.15, -0.1) is 0 Å². The Kier molecular flexibility index (Phi) is 7.06. The van der Waals surface area contributed by atoms with Crippen LogP contribution in [0, 0.1) is 18.3 Å². The van der Waals surface area contributed by atoms with E-state index in [0.29, 0.717) is 16.5 Å². The summed E-state index contributed by atoms with van der Waals surface area (Å²) in [5.41, 5.74) is 7.15. The SMILES string of the molecule is CCS(=O)(=O)N1CCC(C#N)(NC(=O)C(=O)Nc2cc3cc(-c4cnccc4C)nc(N)c3cn2)CC1. The first-order valence-electron chi connectivity index (χ1n) is 11.6. The van der Waals surface area contributed by atoms with Crippen molar-refractivity contribution in [1.82, 2.24) is 24.6 Å². The molecule has 4 N–H and O–H groups in total. The zero-order chi connectivity index (χ0) is 26.8. The van der Waals surface area contributed by atoms with E-state index in [4.69, 9.17) is 5.73 Å². The lowest BCUT2D eigenvalue weighted by atomic mass is 9.90. The van der Waals surface area contributed by atoms with E-state index in [9.17, 15) is 23.3 Å². The highest BCUT2D eigenvalue weighted by Gasteiger charge is 2.40. The molecular formula is C24H26N8O4S. The van der Waals surface area contributed by atoms with E-state index in [1.165, 1.54) is 10.5 Å². The predicted molar refractivity (Wildman–Crippen MR) is 137 cm³/mol. The second kappa shape index (κ2) is 10.1. The van der Waals surface area contributed by atoms with Crippen molar-refractivity contribution in [1.29, 1.82) is 5.26 Å². The zero-order valence-corrected chi connectivity index (χ0v) is 21.2. The van der Waals surface area contributed by atoms with Crippen LogP contribution in [0.15, 0.2) is 36.8 Å². The van der Waals surface area contributed by atoms with Gasteiger partial charge in [0.2, 0.25) is 10.0 Å². The summed E-state index contributed by atoms with van der Waals surface area (Å²) >= 11 is 0. The first-order chi connectivity index (χ1) is 17.6. The molecule has 4 heterocycles. The number of hydrogen-bond donors (Lipinski definition) is 3. The Morgan fingerprint density at radius 2 is 1.95 bits per heavy atom. The van der Waals surface area contributed by atoms with Crippen molar-refractivity contribution >= 4 is 44.2 Å². The molecule has 0 spiro atoms. The lowest BCUT2D eigenvalue weighted by Crippen LogP contribution is -2.57. The van der Waals surface area contributed by atoms with Crippen LogP contribution in [0.3, 0.4) is 0 Å². The summed E-state index contributed by atoms with van der Waals surface area (Å²) in [6.45, 7) is 3.62. The number of amides is 2. The molecule has 1 aliphatic rings. The molecule has 37 heavy (non-hydrogen) atoms. The number of sulfonamides is 1.